The van der Waals surface area contributed by atoms with Gasteiger partial charge >= 0.3 is 6.18 Å². The quantitative estimate of drug-likeness (QED) is 0.830. The van der Waals surface area contributed by atoms with Crippen molar-refractivity contribution in [2.75, 3.05) is 26.6 Å². The molecule has 0 heterocycles. The van der Waals surface area contributed by atoms with Crippen molar-refractivity contribution in [1.29, 1.82) is 0 Å². The zero-order valence-corrected chi connectivity index (χ0v) is 10.0. The smallest absolute Gasteiger partial charge is 0.411 e. The fraction of sp³-hybridized carbons (Fsp3) is 0.455. The van der Waals surface area contributed by atoms with Gasteiger partial charge in [0, 0.05) is 17.3 Å². The molecule has 4 nitrogen and oxygen atoms in total. The molecule has 0 fully saturated rings. The molecule has 0 saturated heterocycles. The predicted octanol–water partition coefficient (Wildman–Crippen LogP) is 2.36. The van der Waals surface area contributed by atoms with Crippen LogP contribution in [0.15, 0.2) is 12.1 Å². The maximum absolute atomic E-state index is 11.9. The number of benzene rings is 1. The predicted molar refractivity (Wildman–Crippen MR) is 59.7 cm³/mol. The van der Waals surface area contributed by atoms with Gasteiger partial charge in [-0.1, -0.05) is 0 Å². The van der Waals surface area contributed by atoms with Crippen LogP contribution in [0.2, 0.25) is 0 Å². The van der Waals surface area contributed by atoms with Gasteiger partial charge in [0.2, 0.25) is 0 Å². The fourth-order valence-corrected chi connectivity index (χ4v) is 1.34. The number of halogens is 3. The molecule has 102 valence electrons. The van der Waals surface area contributed by atoms with Crippen molar-refractivity contribution in [3.05, 3.63) is 17.7 Å². The highest BCUT2D eigenvalue weighted by Crippen LogP contribution is 2.32. The molecule has 0 aliphatic carbocycles. The summed E-state index contributed by atoms with van der Waals surface area (Å²) in [4.78, 5) is 0. The Labute approximate surface area is 102 Å². The van der Waals surface area contributed by atoms with Gasteiger partial charge in [-0.05, 0) is 6.07 Å². The summed E-state index contributed by atoms with van der Waals surface area (Å²) in [5.41, 5.74) is 6.37. The van der Waals surface area contributed by atoms with Gasteiger partial charge in [-0.2, -0.15) is 13.2 Å². The van der Waals surface area contributed by atoms with Crippen LogP contribution >= 0.6 is 0 Å². The van der Waals surface area contributed by atoms with Crippen LogP contribution in [0.3, 0.4) is 0 Å². The number of anilines is 1. The highest BCUT2D eigenvalue weighted by Gasteiger charge is 2.27. The first kappa shape index (κ1) is 14.4. The molecule has 0 radical (unpaired) electrons. The number of rotatable bonds is 5. The van der Waals surface area contributed by atoms with Crippen LogP contribution in [-0.4, -0.2) is 27.0 Å². The van der Waals surface area contributed by atoms with Crippen molar-refractivity contribution < 1.29 is 27.4 Å². The summed E-state index contributed by atoms with van der Waals surface area (Å²) in [6, 6.07) is 2.97. The Balaban J connectivity index is 2.77. The van der Waals surface area contributed by atoms with E-state index in [1.165, 1.54) is 26.4 Å². The summed E-state index contributed by atoms with van der Waals surface area (Å²) in [6.07, 6.45) is -4.36. The molecular weight excluding hydrogens is 251 g/mol. The van der Waals surface area contributed by atoms with Gasteiger partial charge in [0.05, 0.1) is 20.8 Å². The second-order valence-corrected chi connectivity index (χ2v) is 3.51. The lowest BCUT2D eigenvalue weighted by molar-refractivity contribution is -0.176. The average Bonchev–Trinajstić information content (AvgIpc) is 2.29. The monoisotopic (exact) mass is 265 g/mol. The van der Waals surface area contributed by atoms with Crippen molar-refractivity contribution >= 4 is 5.69 Å². The van der Waals surface area contributed by atoms with Crippen LogP contribution < -0.4 is 15.2 Å². The van der Waals surface area contributed by atoms with Crippen LogP contribution in [0, 0.1) is 0 Å². The topological polar surface area (TPSA) is 53.7 Å². The van der Waals surface area contributed by atoms with E-state index >= 15 is 0 Å². The van der Waals surface area contributed by atoms with E-state index < -0.39 is 12.8 Å². The molecule has 2 N–H and O–H groups in total. The normalized spacial score (nSPS) is 11.4. The molecule has 1 rings (SSSR count). The Morgan fingerprint density at radius 2 is 1.67 bits per heavy atom. The van der Waals surface area contributed by atoms with E-state index in [0.29, 0.717) is 17.1 Å². The van der Waals surface area contributed by atoms with Gasteiger partial charge in [0.15, 0.2) is 11.5 Å². The Hall–Kier alpha value is -1.63. The third kappa shape index (κ3) is 3.99. The summed E-state index contributed by atoms with van der Waals surface area (Å²) in [5.74, 6) is 0.798. The number of nitrogens with two attached hydrogens (primary N) is 1. The van der Waals surface area contributed by atoms with Crippen LogP contribution in [-0.2, 0) is 11.3 Å². The van der Waals surface area contributed by atoms with Gasteiger partial charge in [-0.25, -0.2) is 0 Å². The Morgan fingerprint density at radius 1 is 1.11 bits per heavy atom. The lowest BCUT2D eigenvalue weighted by Gasteiger charge is -2.13. The minimum absolute atomic E-state index is 0.244. The maximum Gasteiger partial charge on any atom is 0.411 e. The lowest BCUT2D eigenvalue weighted by atomic mass is 10.1. The number of ether oxygens (including phenoxy) is 3. The molecule has 7 heteroatoms. The van der Waals surface area contributed by atoms with Crippen LogP contribution in [0.5, 0.6) is 11.5 Å². The van der Waals surface area contributed by atoms with Gasteiger partial charge in [0.1, 0.15) is 6.61 Å². The molecule has 0 saturated carbocycles. The molecule has 0 amide bonds. The molecule has 0 atom stereocenters. The van der Waals surface area contributed by atoms with Crippen LogP contribution in [0.25, 0.3) is 0 Å². The van der Waals surface area contributed by atoms with Crippen molar-refractivity contribution in [3.8, 4) is 11.5 Å². The Kier molecular flexibility index (Phi) is 4.66. The number of nitrogen functional groups attached to an aromatic ring is 1. The summed E-state index contributed by atoms with van der Waals surface area (Å²) < 4.78 is 50.3. The van der Waals surface area contributed by atoms with E-state index in [2.05, 4.69) is 4.74 Å². The number of hydrogen-bond donors (Lipinski definition) is 1. The number of methoxy groups -OCH3 is 2. The van der Waals surface area contributed by atoms with Gasteiger partial charge in [-0.3, -0.25) is 0 Å². The minimum atomic E-state index is -4.36. The number of alkyl halides is 3. The molecule has 1 aromatic rings. The highest BCUT2D eigenvalue weighted by atomic mass is 19.4. The molecule has 0 spiro atoms. The maximum atomic E-state index is 11.9. The molecule has 0 bridgehead atoms. The third-order valence-corrected chi connectivity index (χ3v) is 2.17. The Morgan fingerprint density at radius 3 is 2.17 bits per heavy atom. The second-order valence-electron chi connectivity index (χ2n) is 3.51. The fourth-order valence-electron chi connectivity index (χ4n) is 1.34. The zero-order chi connectivity index (χ0) is 13.8. The molecule has 0 aliphatic heterocycles. The second kappa shape index (κ2) is 5.81. The standard InChI is InChI=1S/C11H14F3NO3/c1-16-9-3-7(5-18-6-11(12,13)14)8(15)4-10(9)17-2/h3-4H,5-6,15H2,1-2H3. The van der Waals surface area contributed by atoms with Crippen molar-refractivity contribution in [2.45, 2.75) is 12.8 Å². The summed E-state index contributed by atoms with van der Waals surface area (Å²) in [6.45, 7) is -1.56. The summed E-state index contributed by atoms with van der Waals surface area (Å²) >= 11 is 0. The van der Waals surface area contributed by atoms with E-state index in [-0.39, 0.29) is 12.3 Å². The third-order valence-electron chi connectivity index (χ3n) is 2.17. The van der Waals surface area contributed by atoms with E-state index in [9.17, 15) is 13.2 Å². The number of hydrogen-bond acceptors (Lipinski definition) is 4. The molecule has 18 heavy (non-hydrogen) atoms. The first-order valence-electron chi connectivity index (χ1n) is 5.02. The van der Waals surface area contributed by atoms with E-state index in [1.807, 2.05) is 0 Å². The minimum Gasteiger partial charge on any atom is -0.493 e. The van der Waals surface area contributed by atoms with E-state index in [1.54, 1.807) is 0 Å². The molecular formula is C11H14F3NO3. The van der Waals surface area contributed by atoms with Gasteiger partial charge in [-0.15, -0.1) is 0 Å². The largest absolute Gasteiger partial charge is 0.493 e. The van der Waals surface area contributed by atoms with E-state index in [4.69, 9.17) is 15.2 Å². The van der Waals surface area contributed by atoms with Crippen molar-refractivity contribution in [2.24, 2.45) is 0 Å². The highest BCUT2D eigenvalue weighted by molar-refractivity contribution is 5.57. The zero-order valence-electron chi connectivity index (χ0n) is 10.0. The SMILES string of the molecule is COc1cc(N)c(COCC(F)(F)F)cc1OC. The van der Waals surface area contributed by atoms with Gasteiger partial charge in [0.25, 0.3) is 0 Å². The summed E-state index contributed by atoms with van der Waals surface area (Å²) in [5, 5.41) is 0. The summed E-state index contributed by atoms with van der Waals surface area (Å²) in [7, 11) is 2.87. The van der Waals surface area contributed by atoms with E-state index in [0.717, 1.165) is 0 Å². The molecule has 1 aromatic carbocycles. The first-order chi connectivity index (χ1) is 8.37. The average molecular weight is 265 g/mol. The van der Waals surface area contributed by atoms with Crippen molar-refractivity contribution in [1.82, 2.24) is 0 Å². The molecule has 0 aromatic heterocycles. The van der Waals surface area contributed by atoms with Gasteiger partial charge < -0.3 is 19.9 Å². The first-order valence-corrected chi connectivity index (χ1v) is 5.02. The molecule has 0 aliphatic rings. The van der Waals surface area contributed by atoms with Crippen LogP contribution in [0.1, 0.15) is 5.56 Å². The molecule has 0 unspecified atom stereocenters. The van der Waals surface area contributed by atoms with Crippen LogP contribution in [0.4, 0.5) is 18.9 Å². The lowest BCUT2D eigenvalue weighted by Crippen LogP contribution is -2.17. The van der Waals surface area contributed by atoms with Crippen molar-refractivity contribution in [3.63, 3.8) is 0 Å². The Bertz CT molecular complexity index is 407.